The van der Waals surface area contributed by atoms with Gasteiger partial charge in [-0.15, -0.1) is 0 Å². The number of benzene rings is 1. The molecule has 0 unspecified atom stereocenters. The average Bonchev–Trinajstić information content (AvgIpc) is 3.16. The van der Waals surface area contributed by atoms with Crippen LogP contribution in [0.5, 0.6) is 0 Å². The molecule has 4 nitrogen and oxygen atoms in total. The molecule has 1 amide bonds. The molecule has 2 heterocycles. The van der Waals surface area contributed by atoms with Crippen LogP contribution in [0.3, 0.4) is 0 Å². The lowest BCUT2D eigenvalue weighted by Gasteiger charge is -2.08. The van der Waals surface area contributed by atoms with Gasteiger partial charge in [0.25, 0.3) is 12.3 Å². The van der Waals surface area contributed by atoms with Crippen molar-refractivity contribution < 1.29 is 13.6 Å². The largest absolute Gasteiger partial charge is 0.321 e. The lowest BCUT2D eigenvalue weighted by Crippen LogP contribution is -2.14. The quantitative estimate of drug-likeness (QED) is 0.786. The maximum Gasteiger partial charge on any atom is 0.281 e. The summed E-state index contributed by atoms with van der Waals surface area (Å²) in [5.74, 6) is -0.601. The van der Waals surface area contributed by atoms with E-state index in [-0.39, 0.29) is 5.56 Å². The second kappa shape index (κ2) is 6.07. The Morgan fingerprint density at radius 1 is 1.23 bits per heavy atom. The molecule has 7 heteroatoms. The van der Waals surface area contributed by atoms with Crippen LogP contribution in [0.4, 0.5) is 14.5 Å². The lowest BCUT2D eigenvalue weighted by molar-refractivity contribution is 0.100. The highest BCUT2D eigenvalue weighted by atomic mass is 32.1. The van der Waals surface area contributed by atoms with Crippen LogP contribution in [-0.2, 0) is 0 Å². The van der Waals surface area contributed by atoms with E-state index >= 15 is 0 Å². The molecule has 0 aliphatic carbocycles. The highest BCUT2D eigenvalue weighted by molar-refractivity contribution is 7.08. The Morgan fingerprint density at radius 2 is 2.00 bits per heavy atom. The van der Waals surface area contributed by atoms with Gasteiger partial charge in [-0.25, -0.2) is 13.5 Å². The second-order valence-electron chi connectivity index (χ2n) is 4.46. The fourth-order valence-electron chi connectivity index (χ4n) is 2.05. The van der Waals surface area contributed by atoms with E-state index in [1.165, 1.54) is 11.3 Å². The van der Waals surface area contributed by atoms with Gasteiger partial charge in [-0.3, -0.25) is 4.79 Å². The van der Waals surface area contributed by atoms with Gasteiger partial charge < -0.3 is 5.32 Å². The van der Waals surface area contributed by atoms with Crippen molar-refractivity contribution in [2.75, 3.05) is 5.32 Å². The Hall–Kier alpha value is -2.54. The highest BCUT2D eigenvalue weighted by Gasteiger charge is 2.25. The Balaban J connectivity index is 1.98. The van der Waals surface area contributed by atoms with Crippen molar-refractivity contribution in [3.8, 4) is 5.69 Å². The van der Waals surface area contributed by atoms with Gasteiger partial charge >= 0.3 is 0 Å². The fourth-order valence-corrected chi connectivity index (χ4v) is 2.64. The van der Waals surface area contributed by atoms with Gasteiger partial charge in [-0.2, -0.15) is 16.4 Å². The first-order chi connectivity index (χ1) is 10.7. The van der Waals surface area contributed by atoms with Crippen LogP contribution < -0.4 is 5.32 Å². The summed E-state index contributed by atoms with van der Waals surface area (Å²) in [7, 11) is 0. The van der Waals surface area contributed by atoms with E-state index in [2.05, 4.69) is 10.4 Å². The van der Waals surface area contributed by atoms with Crippen LogP contribution in [0.15, 0.2) is 53.4 Å². The van der Waals surface area contributed by atoms with E-state index in [0.29, 0.717) is 11.4 Å². The van der Waals surface area contributed by atoms with Gasteiger partial charge in [0.1, 0.15) is 5.69 Å². The minimum atomic E-state index is -2.81. The van der Waals surface area contributed by atoms with Crippen molar-refractivity contribution in [1.82, 2.24) is 9.78 Å². The zero-order valence-electron chi connectivity index (χ0n) is 11.2. The SMILES string of the molecule is O=C(Nc1ccsc1)c1cnn(-c2ccccc2)c1C(F)F. The lowest BCUT2D eigenvalue weighted by atomic mass is 10.2. The second-order valence-corrected chi connectivity index (χ2v) is 5.24. The van der Waals surface area contributed by atoms with Crippen LogP contribution in [0.1, 0.15) is 22.5 Å². The zero-order chi connectivity index (χ0) is 15.5. The Bertz CT molecular complexity index is 769. The molecule has 3 aromatic rings. The number of hydrogen-bond donors (Lipinski definition) is 1. The third kappa shape index (κ3) is 2.75. The Kier molecular flexibility index (Phi) is 3.97. The van der Waals surface area contributed by atoms with E-state index < -0.39 is 18.0 Å². The molecule has 2 aromatic heterocycles. The van der Waals surface area contributed by atoms with Gasteiger partial charge in [0.2, 0.25) is 0 Å². The summed E-state index contributed by atoms with van der Waals surface area (Å²) < 4.78 is 27.9. The Morgan fingerprint density at radius 3 is 2.64 bits per heavy atom. The molecule has 0 radical (unpaired) electrons. The molecule has 0 fully saturated rings. The van der Waals surface area contributed by atoms with Crippen LogP contribution in [0.2, 0.25) is 0 Å². The predicted octanol–water partition coefficient (Wildman–Crippen LogP) is 4.12. The molecule has 1 aromatic carbocycles. The summed E-state index contributed by atoms with van der Waals surface area (Å²) in [6, 6.07) is 10.2. The van der Waals surface area contributed by atoms with E-state index in [0.717, 1.165) is 10.9 Å². The number of nitrogens with zero attached hydrogens (tertiary/aromatic N) is 2. The van der Waals surface area contributed by atoms with Crippen LogP contribution >= 0.6 is 11.3 Å². The average molecular weight is 319 g/mol. The molecule has 0 atom stereocenters. The number of para-hydroxylation sites is 1. The number of hydrogen-bond acceptors (Lipinski definition) is 3. The first-order valence-corrected chi connectivity index (χ1v) is 7.36. The van der Waals surface area contributed by atoms with Gasteiger partial charge in [0.15, 0.2) is 0 Å². The van der Waals surface area contributed by atoms with E-state index in [1.54, 1.807) is 47.2 Å². The molecule has 22 heavy (non-hydrogen) atoms. The van der Waals surface area contributed by atoms with Crippen molar-refractivity contribution >= 4 is 22.9 Å². The van der Waals surface area contributed by atoms with E-state index in [4.69, 9.17) is 0 Å². The minimum Gasteiger partial charge on any atom is -0.321 e. The van der Waals surface area contributed by atoms with Gasteiger partial charge in [-0.05, 0) is 23.6 Å². The molecular formula is C15H11F2N3OS. The van der Waals surface area contributed by atoms with Crippen LogP contribution in [-0.4, -0.2) is 15.7 Å². The molecular weight excluding hydrogens is 308 g/mol. The third-order valence-electron chi connectivity index (χ3n) is 3.04. The van der Waals surface area contributed by atoms with E-state index in [9.17, 15) is 13.6 Å². The zero-order valence-corrected chi connectivity index (χ0v) is 12.1. The number of carbonyl (C=O) groups is 1. The van der Waals surface area contributed by atoms with Crippen molar-refractivity contribution in [3.63, 3.8) is 0 Å². The highest BCUT2D eigenvalue weighted by Crippen LogP contribution is 2.26. The molecule has 0 aliphatic rings. The number of alkyl halides is 2. The normalized spacial score (nSPS) is 10.9. The van der Waals surface area contributed by atoms with Gasteiger partial charge in [0, 0.05) is 5.38 Å². The number of halogens is 2. The van der Waals surface area contributed by atoms with Gasteiger partial charge in [-0.1, -0.05) is 18.2 Å². The first kappa shape index (κ1) is 14.4. The molecule has 112 valence electrons. The summed E-state index contributed by atoms with van der Waals surface area (Å²) in [5, 5.41) is 10.0. The number of nitrogens with one attached hydrogen (secondary N) is 1. The van der Waals surface area contributed by atoms with Crippen molar-refractivity contribution in [2.45, 2.75) is 6.43 Å². The summed E-state index contributed by atoms with van der Waals surface area (Å²) in [5.41, 5.74) is 0.499. The summed E-state index contributed by atoms with van der Waals surface area (Å²) >= 11 is 1.41. The number of anilines is 1. The predicted molar refractivity (Wildman–Crippen MR) is 80.8 cm³/mol. The molecule has 0 spiro atoms. The number of thiophene rings is 1. The number of carbonyl (C=O) groups excluding carboxylic acids is 1. The van der Waals surface area contributed by atoms with Crippen LogP contribution in [0.25, 0.3) is 5.69 Å². The molecule has 0 saturated heterocycles. The minimum absolute atomic E-state index is 0.134. The van der Waals surface area contributed by atoms with Gasteiger partial charge in [0.05, 0.1) is 23.1 Å². The first-order valence-electron chi connectivity index (χ1n) is 6.42. The number of rotatable bonds is 4. The Labute approximate surface area is 129 Å². The summed E-state index contributed by atoms with van der Waals surface area (Å²) in [4.78, 5) is 12.2. The summed E-state index contributed by atoms with van der Waals surface area (Å²) in [6.07, 6.45) is -1.65. The maximum absolute atomic E-state index is 13.4. The maximum atomic E-state index is 13.4. The van der Waals surface area contributed by atoms with Crippen molar-refractivity contribution in [3.05, 3.63) is 64.6 Å². The van der Waals surface area contributed by atoms with E-state index in [1.807, 2.05) is 0 Å². The molecule has 1 N–H and O–H groups in total. The molecule has 0 aliphatic heterocycles. The topological polar surface area (TPSA) is 46.9 Å². The van der Waals surface area contributed by atoms with Crippen molar-refractivity contribution in [1.29, 1.82) is 0 Å². The standard InChI is InChI=1S/C15H11F2N3OS/c16-14(17)13-12(15(21)19-10-6-7-22-9-10)8-18-20(13)11-4-2-1-3-5-11/h1-9,14H,(H,19,21). The molecule has 0 saturated carbocycles. The number of aromatic nitrogens is 2. The summed E-state index contributed by atoms with van der Waals surface area (Å²) in [6.45, 7) is 0. The third-order valence-corrected chi connectivity index (χ3v) is 3.72. The van der Waals surface area contributed by atoms with Crippen LogP contribution in [0, 0.1) is 0 Å². The smallest absolute Gasteiger partial charge is 0.281 e. The monoisotopic (exact) mass is 319 g/mol. The number of amides is 1. The fraction of sp³-hybridized carbons (Fsp3) is 0.0667. The van der Waals surface area contributed by atoms with Crippen molar-refractivity contribution in [2.24, 2.45) is 0 Å². The molecule has 3 rings (SSSR count). The molecule has 0 bridgehead atoms.